The van der Waals surface area contributed by atoms with E-state index in [1.54, 1.807) is 39.0 Å². The predicted octanol–water partition coefficient (Wildman–Crippen LogP) is 4.01. The van der Waals surface area contributed by atoms with Crippen LogP contribution in [-0.2, 0) is 14.3 Å². The molecule has 0 fully saturated rings. The first-order chi connectivity index (χ1) is 15.7. The van der Waals surface area contributed by atoms with Gasteiger partial charge >= 0.3 is 6.09 Å². The Bertz CT molecular complexity index is 861. The number of carbonyl (C=O) groups excluding carboxylic acids is 3. The summed E-state index contributed by atoms with van der Waals surface area (Å²) < 4.78 is 5.35. The highest BCUT2D eigenvalue weighted by Gasteiger charge is 2.37. The van der Waals surface area contributed by atoms with Crippen LogP contribution in [0.4, 0.5) is 4.79 Å². The third-order valence-electron chi connectivity index (χ3n) is 4.50. The van der Waals surface area contributed by atoms with Gasteiger partial charge < -0.3 is 25.4 Å². The lowest BCUT2D eigenvalue weighted by Crippen LogP contribution is -2.54. The highest BCUT2D eigenvalue weighted by molar-refractivity contribution is 7.98. The summed E-state index contributed by atoms with van der Waals surface area (Å²) in [7, 11) is 0. The largest absolute Gasteiger partial charge is 0.508 e. The van der Waals surface area contributed by atoms with E-state index in [0.29, 0.717) is 12.2 Å². The van der Waals surface area contributed by atoms with E-state index in [0.717, 1.165) is 0 Å². The fourth-order valence-electron chi connectivity index (χ4n) is 3.21. The van der Waals surface area contributed by atoms with Crippen LogP contribution in [0, 0.1) is 0 Å². The van der Waals surface area contributed by atoms with Crippen molar-refractivity contribution in [3.63, 3.8) is 0 Å². The summed E-state index contributed by atoms with van der Waals surface area (Å²) in [6.07, 6.45) is 3.03. The average Bonchev–Trinajstić information content (AvgIpc) is 2.68. The molecule has 0 saturated heterocycles. The number of nitrogens with one attached hydrogen (secondary N) is 2. The highest BCUT2D eigenvalue weighted by Crippen LogP contribution is 2.30. The van der Waals surface area contributed by atoms with Crippen molar-refractivity contribution in [3.05, 3.63) is 42.5 Å². The molecule has 0 aliphatic heterocycles. The number of hydrogen-bond acceptors (Lipinski definition) is 6. The summed E-state index contributed by atoms with van der Waals surface area (Å²) in [5, 5.41) is 16.1. The molecule has 0 spiro atoms. The second-order valence-corrected chi connectivity index (χ2v) is 10.9. The number of para-hydroxylation sites is 1. The van der Waals surface area contributed by atoms with E-state index in [1.165, 1.54) is 28.8 Å². The van der Waals surface area contributed by atoms with E-state index in [4.69, 9.17) is 4.74 Å². The van der Waals surface area contributed by atoms with E-state index in [1.807, 2.05) is 27.0 Å². The standard InChI is InChI=1S/C25H39N3O5S/c1-9-15-28(22(31)18(14-16-34-8)26-23(32)33-25(5,6)7)20(21(30)27-24(2,3)4)17-12-10-11-13-19(17)29/h9-13,18,20,29H,1,14-16H2,2-8H3,(H,26,32)(H,27,30). The number of benzene rings is 1. The molecule has 2 unspecified atom stereocenters. The van der Waals surface area contributed by atoms with Crippen LogP contribution in [0.2, 0.25) is 0 Å². The van der Waals surface area contributed by atoms with Gasteiger partial charge in [-0.3, -0.25) is 9.59 Å². The van der Waals surface area contributed by atoms with Crippen LogP contribution in [0.3, 0.4) is 0 Å². The Labute approximate surface area is 207 Å². The molecule has 0 bridgehead atoms. The van der Waals surface area contributed by atoms with Crippen LogP contribution < -0.4 is 10.6 Å². The van der Waals surface area contributed by atoms with Crippen molar-refractivity contribution in [3.8, 4) is 5.75 Å². The normalized spacial score (nSPS) is 13.4. The highest BCUT2D eigenvalue weighted by atomic mass is 32.2. The predicted molar refractivity (Wildman–Crippen MR) is 137 cm³/mol. The average molecular weight is 494 g/mol. The molecule has 34 heavy (non-hydrogen) atoms. The number of carbonyl (C=O) groups is 3. The minimum atomic E-state index is -1.14. The van der Waals surface area contributed by atoms with Gasteiger partial charge in [-0.05, 0) is 66.0 Å². The van der Waals surface area contributed by atoms with Gasteiger partial charge in [0.2, 0.25) is 11.8 Å². The molecule has 1 aromatic carbocycles. The van der Waals surface area contributed by atoms with Gasteiger partial charge in [-0.2, -0.15) is 11.8 Å². The molecular formula is C25H39N3O5S. The molecule has 3 N–H and O–H groups in total. The second kappa shape index (κ2) is 12.7. The molecular weight excluding hydrogens is 454 g/mol. The Hall–Kier alpha value is -2.68. The van der Waals surface area contributed by atoms with Crippen LogP contribution in [-0.4, -0.2) is 63.6 Å². The summed E-state index contributed by atoms with van der Waals surface area (Å²) in [4.78, 5) is 41.0. The number of aromatic hydroxyl groups is 1. The molecule has 1 aromatic rings. The SMILES string of the molecule is C=CCN(C(=O)C(CCSC)NC(=O)OC(C)(C)C)C(C(=O)NC(C)(C)C)c1ccccc1O. The van der Waals surface area contributed by atoms with Gasteiger partial charge in [-0.25, -0.2) is 4.79 Å². The van der Waals surface area contributed by atoms with Crippen molar-refractivity contribution in [1.29, 1.82) is 0 Å². The van der Waals surface area contributed by atoms with Crippen LogP contribution in [0.5, 0.6) is 5.75 Å². The lowest BCUT2D eigenvalue weighted by atomic mass is 9.99. The summed E-state index contributed by atoms with van der Waals surface area (Å²) in [6, 6.07) is 4.33. The first-order valence-corrected chi connectivity index (χ1v) is 12.6. The van der Waals surface area contributed by atoms with Crippen LogP contribution in [0.25, 0.3) is 0 Å². The second-order valence-electron chi connectivity index (χ2n) is 9.96. The zero-order valence-electron chi connectivity index (χ0n) is 21.3. The van der Waals surface area contributed by atoms with Gasteiger partial charge in [0.1, 0.15) is 23.4 Å². The Kier molecular flexibility index (Phi) is 11.0. The number of nitrogens with zero attached hydrogens (tertiary/aromatic N) is 1. The van der Waals surface area contributed by atoms with Crippen molar-refractivity contribution in [2.24, 2.45) is 0 Å². The maximum Gasteiger partial charge on any atom is 0.408 e. The van der Waals surface area contributed by atoms with E-state index in [9.17, 15) is 19.5 Å². The number of rotatable bonds is 10. The summed E-state index contributed by atoms with van der Waals surface area (Å²) >= 11 is 1.53. The maximum atomic E-state index is 13.8. The number of phenols is 1. The molecule has 190 valence electrons. The number of hydrogen-bond donors (Lipinski definition) is 3. The fraction of sp³-hybridized carbons (Fsp3) is 0.560. The monoisotopic (exact) mass is 493 g/mol. The molecule has 2 atom stereocenters. The number of thioether (sulfide) groups is 1. The smallest absolute Gasteiger partial charge is 0.408 e. The van der Waals surface area contributed by atoms with Crippen molar-refractivity contribution < 1.29 is 24.2 Å². The zero-order chi connectivity index (χ0) is 26.1. The van der Waals surface area contributed by atoms with E-state index >= 15 is 0 Å². The van der Waals surface area contributed by atoms with E-state index < -0.39 is 41.1 Å². The molecule has 0 aliphatic carbocycles. The van der Waals surface area contributed by atoms with Crippen LogP contribution in [0.1, 0.15) is 59.6 Å². The number of ether oxygens (including phenoxy) is 1. The minimum absolute atomic E-state index is 0.0289. The van der Waals surface area contributed by atoms with Gasteiger partial charge in [0.05, 0.1) is 0 Å². The number of alkyl carbamates (subject to hydrolysis) is 1. The molecule has 8 nitrogen and oxygen atoms in total. The van der Waals surface area contributed by atoms with E-state index in [-0.39, 0.29) is 17.9 Å². The van der Waals surface area contributed by atoms with E-state index in [2.05, 4.69) is 17.2 Å². The summed E-state index contributed by atoms with van der Waals surface area (Å²) in [5.41, 5.74) is -1.03. The maximum absolute atomic E-state index is 13.8. The Morgan fingerprint density at radius 3 is 2.29 bits per heavy atom. The van der Waals surface area contributed by atoms with Gasteiger partial charge in [-0.1, -0.05) is 24.3 Å². The third-order valence-corrected chi connectivity index (χ3v) is 5.14. The summed E-state index contributed by atoms with van der Waals surface area (Å²) in [6.45, 7) is 14.5. The topological polar surface area (TPSA) is 108 Å². The number of phenolic OH excluding ortho intramolecular Hbond substituents is 1. The lowest BCUT2D eigenvalue weighted by Gasteiger charge is -2.35. The van der Waals surface area contributed by atoms with Crippen LogP contribution >= 0.6 is 11.8 Å². The van der Waals surface area contributed by atoms with Crippen molar-refractivity contribution in [2.75, 3.05) is 18.6 Å². The van der Waals surface area contributed by atoms with Crippen molar-refractivity contribution in [1.82, 2.24) is 15.5 Å². The third kappa shape index (κ3) is 9.67. The van der Waals surface area contributed by atoms with Crippen molar-refractivity contribution >= 4 is 29.7 Å². The molecule has 0 radical (unpaired) electrons. The quantitative estimate of drug-likeness (QED) is 0.425. The fourth-order valence-corrected chi connectivity index (χ4v) is 3.68. The first kappa shape index (κ1) is 29.4. The zero-order valence-corrected chi connectivity index (χ0v) is 22.1. The lowest BCUT2D eigenvalue weighted by molar-refractivity contribution is -0.142. The van der Waals surface area contributed by atoms with Crippen LogP contribution in [0.15, 0.2) is 36.9 Å². The molecule has 3 amide bonds. The molecule has 0 saturated carbocycles. The number of amides is 3. The van der Waals surface area contributed by atoms with Gasteiger partial charge in [-0.15, -0.1) is 6.58 Å². The summed E-state index contributed by atoms with van der Waals surface area (Å²) in [5.74, 6) is -0.440. The molecule has 0 aliphatic rings. The van der Waals surface area contributed by atoms with Gasteiger partial charge in [0.15, 0.2) is 0 Å². The van der Waals surface area contributed by atoms with Crippen molar-refractivity contribution in [2.45, 2.75) is 71.2 Å². The Morgan fingerprint density at radius 2 is 1.79 bits per heavy atom. The Balaban J connectivity index is 3.45. The molecule has 1 rings (SSSR count). The molecule has 0 aromatic heterocycles. The molecule has 0 heterocycles. The first-order valence-electron chi connectivity index (χ1n) is 11.2. The Morgan fingerprint density at radius 1 is 1.18 bits per heavy atom. The minimum Gasteiger partial charge on any atom is -0.508 e. The van der Waals surface area contributed by atoms with Gasteiger partial charge in [0.25, 0.3) is 0 Å². The van der Waals surface area contributed by atoms with Gasteiger partial charge in [0, 0.05) is 17.6 Å². The molecule has 9 heteroatoms.